The smallest absolute Gasteiger partial charge is 0.240 e. The summed E-state index contributed by atoms with van der Waals surface area (Å²) in [6.07, 6.45) is 6.70. The lowest BCUT2D eigenvalue weighted by Gasteiger charge is -2.25. The molecule has 1 heterocycles. The molecule has 1 saturated carbocycles. The summed E-state index contributed by atoms with van der Waals surface area (Å²) >= 11 is 0. The second-order valence-corrected chi connectivity index (χ2v) is 6.56. The monoisotopic (exact) mass is 307 g/mol. The normalized spacial score (nSPS) is 16.9. The van der Waals surface area contributed by atoms with Gasteiger partial charge >= 0.3 is 0 Å². The molecule has 0 bridgehead atoms. The molecular weight excluding hydrogens is 282 g/mol. The van der Waals surface area contributed by atoms with Crippen LogP contribution in [0.15, 0.2) is 10.6 Å². The quantitative estimate of drug-likeness (QED) is 0.661. The highest BCUT2D eigenvalue weighted by atomic mass is 16.5. The van der Waals surface area contributed by atoms with Crippen molar-refractivity contribution in [2.24, 2.45) is 5.41 Å². The van der Waals surface area contributed by atoms with Gasteiger partial charge in [0.2, 0.25) is 11.8 Å². The van der Waals surface area contributed by atoms with E-state index in [9.17, 15) is 9.59 Å². The van der Waals surface area contributed by atoms with E-state index in [1.165, 1.54) is 12.8 Å². The molecule has 22 heavy (non-hydrogen) atoms. The minimum absolute atomic E-state index is 0.177. The van der Waals surface area contributed by atoms with Crippen molar-refractivity contribution in [3.05, 3.63) is 11.8 Å². The van der Waals surface area contributed by atoms with Crippen molar-refractivity contribution in [2.75, 3.05) is 5.32 Å². The number of hydrogen-bond donors (Lipinski definition) is 2. The average molecular weight is 307 g/mol. The van der Waals surface area contributed by atoms with E-state index in [1.54, 1.807) is 26.8 Å². The van der Waals surface area contributed by atoms with E-state index in [0.717, 1.165) is 25.7 Å². The molecule has 0 saturated heterocycles. The molecule has 0 aromatic carbocycles. The Morgan fingerprint density at radius 3 is 2.36 bits per heavy atom. The molecule has 0 spiro atoms. The van der Waals surface area contributed by atoms with E-state index >= 15 is 0 Å². The largest absolute Gasteiger partial charge is 0.360 e. The Morgan fingerprint density at radius 2 is 1.82 bits per heavy atom. The molecular formula is C16H25N3O3. The topological polar surface area (TPSA) is 84.2 Å². The Hall–Kier alpha value is -1.85. The number of nitrogens with one attached hydrogen (secondary N) is 2. The van der Waals surface area contributed by atoms with Gasteiger partial charge in [0.1, 0.15) is 11.2 Å². The molecule has 1 aromatic rings. The van der Waals surface area contributed by atoms with Crippen LogP contribution in [0, 0.1) is 12.3 Å². The first kappa shape index (κ1) is 16.5. The predicted molar refractivity (Wildman–Crippen MR) is 83.3 cm³/mol. The van der Waals surface area contributed by atoms with Gasteiger partial charge in [-0.25, -0.2) is 0 Å². The zero-order valence-corrected chi connectivity index (χ0v) is 13.6. The van der Waals surface area contributed by atoms with Gasteiger partial charge in [0.15, 0.2) is 5.82 Å². The summed E-state index contributed by atoms with van der Waals surface area (Å²) in [5.41, 5.74) is -1.15. The van der Waals surface area contributed by atoms with Gasteiger partial charge in [0.05, 0.1) is 0 Å². The summed E-state index contributed by atoms with van der Waals surface area (Å²) < 4.78 is 4.91. The van der Waals surface area contributed by atoms with Crippen molar-refractivity contribution in [2.45, 2.75) is 65.3 Å². The number of anilines is 1. The second-order valence-electron chi connectivity index (χ2n) is 6.56. The maximum Gasteiger partial charge on any atom is 0.240 e. The molecule has 2 N–H and O–H groups in total. The summed E-state index contributed by atoms with van der Waals surface area (Å²) in [4.78, 5) is 24.8. The third kappa shape index (κ3) is 4.08. The van der Waals surface area contributed by atoms with Gasteiger partial charge in [-0.1, -0.05) is 30.8 Å². The molecule has 6 nitrogen and oxygen atoms in total. The van der Waals surface area contributed by atoms with Crippen molar-refractivity contribution >= 4 is 17.6 Å². The fourth-order valence-electron chi connectivity index (χ4n) is 2.59. The van der Waals surface area contributed by atoms with Gasteiger partial charge in [0, 0.05) is 12.1 Å². The number of aromatic nitrogens is 1. The highest BCUT2D eigenvalue weighted by Gasteiger charge is 2.37. The average Bonchev–Trinajstić information content (AvgIpc) is 2.72. The second kappa shape index (κ2) is 6.94. The van der Waals surface area contributed by atoms with Crippen LogP contribution < -0.4 is 10.6 Å². The van der Waals surface area contributed by atoms with Crippen LogP contribution in [-0.4, -0.2) is 23.0 Å². The van der Waals surface area contributed by atoms with Crippen LogP contribution in [0.1, 0.15) is 58.1 Å². The molecule has 0 atom stereocenters. The minimum Gasteiger partial charge on any atom is -0.360 e. The standard InChI is InChI=1S/C16H25N3O3/c1-11-10-13(19-22-11)18-15(21)16(2,3)14(20)17-12-8-6-4-5-7-9-12/h10,12H,4-9H2,1-3H3,(H,17,20)(H,18,19,21). The SMILES string of the molecule is Cc1cc(NC(=O)C(C)(C)C(=O)NC2CCCCCC2)no1. The molecule has 1 aromatic heterocycles. The van der Waals surface area contributed by atoms with Gasteiger partial charge in [-0.2, -0.15) is 0 Å². The van der Waals surface area contributed by atoms with Gasteiger partial charge in [-0.05, 0) is 33.6 Å². The van der Waals surface area contributed by atoms with Crippen LogP contribution in [0.4, 0.5) is 5.82 Å². The van der Waals surface area contributed by atoms with Crippen LogP contribution in [0.5, 0.6) is 0 Å². The lowest BCUT2D eigenvalue weighted by atomic mass is 9.90. The number of carbonyl (C=O) groups is 2. The Kier molecular flexibility index (Phi) is 5.21. The minimum atomic E-state index is -1.15. The Labute approximate surface area is 131 Å². The zero-order chi connectivity index (χ0) is 16.2. The lowest BCUT2D eigenvalue weighted by molar-refractivity contribution is -0.138. The summed E-state index contributed by atoms with van der Waals surface area (Å²) in [5, 5.41) is 9.37. The molecule has 1 aliphatic carbocycles. The maximum atomic E-state index is 12.5. The van der Waals surface area contributed by atoms with Crippen LogP contribution in [0.25, 0.3) is 0 Å². The van der Waals surface area contributed by atoms with Gasteiger partial charge in [-0.15, -0.1) is 0 Å². The van der Waals surface area contributed by atoms with Crippen LogP contribution in [0.3, 0.4) is 0 Å². The molecule has 0 aliphatic heterocycles. The molecule has 6 heteroatoms. The summed E-state index contributed by atoms with van der Waals surface area (Å²) in [5.74, 6) is 0.317. The third-order valence-corrected chi connectivity index (χ3v) is 4.20. The van der Waals surface area contributed by atoms with E-state index in [2.05, 4.69) is 15.8 Å². The molecule has 0 radical (unpaired) electrons. The van der Waals surface area contributed by atoms with Crippen molar-refractivity contribution in [1.82, 2.24) is 10.5 Å². The van der Waals surface area contributed by atoms with Crippen molar-refractivity contribution in [1.29, 1.82) is 0 Å². The summed E-state index contributed by atoms with van der Waals surface area (Å²) in [7, 11) is 0. The van der Waals surface area contributed by atoms with Gasteiger partial charge in [-0.3, -0.25) is 9.59 Å². The van der Waals surface area contributed by atoms with E-state index in [0.29, 0.717) is 11.6 Å². The molecule has 2 amide bonds. The fraction of sp³-hybridized carbons (Fsp3) is 0.688. The number of rotatable bonds is 4. The van der Waals surface area contributed by atoms with Crippen molar-refractivity contribution in [3.8, 4) is 0 Å². The molecule has 1 fully saturated rings. The van der Waals surface area contributed by atoms with Gasteiger partial charge in [0.25, 0.3) is 0 Å². The third-order valence-electron chi connectivity index (χ3n) is 4.20. The number of hydrogen-bond acceptors (Lipinski definition) is 4. The summed E-state index contributed by atoms with van der Waals surface area (Å²) in [6.45, 7) is 5.00. The number of aryl methyl sites for hydroxylation is 1. The van der Waals surface area contributed by atoms with Crippen molar-refractivity contribution in [3.63, 3.8) is 0 Å². The van der Waals surface area contributed by atoms with E-state index in [4.69, 9.17) is 4.52 Å². The van der Waals surface area contributed by atoms with Crippen molar-refractivity contribution < 1.29 is 14.1 Å². The van der Waals surface area contributed by atoms with E-state index in [1.807, 2.05) is 0 Å². The van der Waals surface area contributed by atoms with Gasteiger partial charge < -0.3 is 15.2 Å². The van der Waals surface area contributed by atoms with Crippen LogP contribution in [-0.2, 0) is 9.59 Å². The Morgan fingerprint density at radius 1 is 1.18 bits per heavy atom. The number of amides is 2. The summed E-state index contributed by atoms with van der Waals surface area (Å²) in [6, 6.07) is 1.80. The fourth-order valence-corrected chi connectivity index (χ4v) is 2.59. The first-order valence-electron chi connectivity index (χ1n) is 7.95. The first-order valence-corrected chi connectivity index (χ1v) is 7.95. The number of carbonyl (C=O) groups excluding carboxylic acids is 2. The maximum absolute atomic E-state index is 12.5. The van der Waals surface area contributed by atoms with E-state index in [-0.39, 0.29) is 17.9 Å². The van der Waals surface area contributed by atoms with Crippen LogP contribution >= 0.6 is 0 Å². The Bertz CT molecular complexity index is 528. The van der Waals surface area contributed by atoms with E-state index < -0.39 is 5.41 Å². The zero-order valence-electron chi connectivity index (χ0n) is 13.6. The molecule has 122 valence electrons. The predicted octanol–water partition coefficient (Wildman–Crippen LogP) is 2.79. The molecule has 1 aliphatic rings. The highest BCUT2D eigenvalue weighted by Crippen LogP contribution is 2.22. The number of nitrogens with zero attached hydrogens (tertiary/aromatic N) is 1. The first-order chi connectivity index (χ1) is 10.4. The Balaban J connectivity index is 1.95. The lowest BCUT2D eigenvalue weighted by Crippen LogP contribution is -2.48. The molecule has 0 unspecified atom stereocenters. The molecule has 2 rings (SSSR count). The van der Waals surface area contributed by atoms with Crippen LogP contribution in [0.2, 0.25) is 0 Å². The highest BCUT2D eigenvalue weighted by molar-refractivity contribution is 6.09.